The van der Waals surface area contributed by atoms with Crippen molar-refractivity contribution in [3.05, 3.63) is 28.8 Å². The third kappa shape index (κ3) is 7.00. The molecule has 2 heterocycles. The number of likely N-dealkylation sites (tertiary alicyclic amines) is 1. The average Bonchev–Trinajstić information content (AvgIpc) is 3.17. The van der Waals surface area contributed by atoms with E-state index in [1.807, 2.05) is 18.2 Å². The van der Waals surface area contributed by atoms with Crippen molar-refractivity contribution in [1.29, 1.82) is 0 Å². The lowest BCUT2D eigenvalue weighted by atomic mass is 9.87. The highest BCUT2D eigenvalue weighted by atomic mass is 32.2. The van der Waals surface area contributed by atoms with Gasteiger partial charge >= 0.3 is 0 Å². The summed E-state index contributed by atoms with van der Waals surface area (Å²) in [6.45, 7) is 4.49. The number of aliphatic hydroxyl groups excluding tert-OH is 1. The highest BCUT2D eigenvalue weighted by Gasteiger charge is 2.34. The molecule has 1 atom stereocenters. The number of rotatable bonds is 9. The SMILES string of the molecule is C[C@](CCc1nc2ccc(C#CC#CC3CN(CCCO)C3)cc2s1)(C[SH](=O)=O)C(=O)NO. The monoisotopic (exact) mass is 489 g/mol. The first-order chi connectivity index (χ1) is 15.8. The lowest BCUT2D eigenvalue weighted by molar-refractivity contribution is -0.138. The number of carbonyl (C=O) groups excluding carboxylic acids is 1. The maximum atomic E-state index is 12.0. The number of nitrogens with one attached hydrogen (secondary N) is 1. The maximum Gasteiger partial charge on any atom is 0.250 e. The van der Waals surface area contributed by atoms with Gasteiger partial charge in [0.25, 0.3) is 0 Å². The number of aromatic nitrogens is 1. The first-order valence-corrected chi connectivity index (χ1v) is 12.8. The van der Waals surface area contributed by atoms with Crippen LogP contribution in [0.4, 0.5) is 0 Å². The summed E-state index contributed by atoms with van der Waals surface area (Å²) in [5, 5.41) is 18.6. The van der Waals surface area contributed by atoms with Crippen LogP contribution in [0.25, 0.3) is 10.2 Å². The minimum Gasteiger partial charge on any atom is -0.396 e. The minimum atomic E-state index is -2.77. The fraction of sp³-hybridized carbons (Fsp3) is 0.478. The van der Waals surface area contributed by atoms with E-state index in [4.69, 9.17) is 10.3 Å². The first-order valence-electron chi connectivity index (χ1n) is 10.6. The van der Waals surface area contributed by atoms with Gasteiger partial charge in [-0.1, -0.05) is 11.8 Å². The summed E-state index contributed by atoms with van der Waals surface area (Å²) >= 11 is 1.47. The number of carbonyl (C=O) groups is 1. The highest BCUT2D eigenvalue weighted by Crippen LogP contribution is 2.29. The van der Waals surface area contributed by atoms with E-state index in [0.717, 1.165) is 46.8 Å². The van der Waals surface area contributed by atoms with E-state index in [1.165, 1.54) is 18.3 Å². The van der Waals surface area contributed by atoms with Crippen molar-refractivity contribution in [1.82, 2.24) is 15.4 Å². The van der Waals surface area contributed by atoms with Crippen molar-refractivity contribution in [2.75, 3.05) is 32.0 Å². The van der Waals surface area contributed by atoms with Gasteiger partial charge < -0.3 is 10.0 Å². The van der Waals surface area contributed by atoms with Crippen molar-refractivity contribution in [3.8, 4) is 23.7 Å². The van der Waals surface area contributed by atoms with Crippen molar-refractivity contribution < 1.29 is 23.5 Å². The van der Waals surface area contributed by atoms with Gasteiger partial charge in [-0.3, -0.25) is 10.0 Å². The van der Waals surface area contributed by atoms with Gasteiger partial charge in [-0.15, -0.1) is 11.3 Å². The molecule has 176 valence electrons. The Kier molecular flexibility index (Phi) is 8.84. The summed E-state index contributed by atoms with van der Waals surface area (Å²) in [7, 11) is -2.77. The molecule has 0 unspecified atom stereocenters. The molecule has 3 N–H and O–H groups in total. The Hall–Kier alpha value is -2.47. The number of fused-ring (bicyclic) bond motifs is 1. The number of thiol groups is 1. The molecule has 8 nitrogen and oxygen atoms in total. The molecule has 1 amide bonds. The molecule has 10 heteroatoms. The number of hydroxylamine groups is 1. The number of amides is 1. The summed E-state index contributed by atoms with van der Waals surface area (Å²) in [6, 6.07) is 5.71. The standard InChI is InChI=1S/C23H27N3O5S2/c1-23(16-33(30)31,22(28)25-29)10-9-21-24-19-8-7-17(13-20(19)32-21)5-2-3-6-18-14-26(15-18)11-4-12-27/h7-8,13,18,27,29,33H,4,9-12,14-16H2,1H3,(H,25,28)/t23-/m0/s1. The van der Waals surface area contributed by atoms with Gasteiger partial charge in [-0.2, -0.15) is 0 Å². The second-order valence-electron chi connectivity index (χ2n) is 8.34. The van der Waals surface area contributed by atoms with Crippen molar-refractivity contribution in [3.63, 3.8) is 0 Å². The normalized spacial score (nSPS) is 15.8. The molecule has 1 aromatic heterocycles. The third-order valence-corrected chi connectivity index (χ3v) is 7.62. The number of nitrogens with zero attached hydrogens (tertiary/aromatic N) is 2. The lowest BCUT2D eigenvalue weighted by Crippen LogP contribution is -2.46. The molecule has 3 rings (SSSR count). The van der Waals surface area contributed by atoms with Gasteiger partial charge in [0.2, 0.25) is 5.91 Å². The number of benzene rings is 1. The summed E-state index contributed by atoms with van der Waals surface area (Å²) in [6.07, 6.45) is 1.44. The third-order valence-electron chi connectivity index (χ3n) is 5.59. The Balaban J connectivity index is 1.61. The fourth-order valence-corrected chi connectivity index (χ4v) is 5.48. The first kappa shape index (κ1) is 25.2. The van der Waals surface area contributed by atoms with Crippen LogP contribution in [0.2, 0.25) is 0 Å². The largest absolute Gasteiger partial charge is 0.396 e. The number of aliphatic hydroxyl groups is 1. The van der Waals surface area contributed by atoms with Crippen molar-refractivity contribution in [2.45, 2.75) is 26.2 Å². The van der Waals surface area contributed by atoms with Crippen LogP contribution in [-0.2, 0) is 21.9 Å². The topological polar surface area (TPSA) is 120 Å². The number of hydrogen-bond acceptors (Lipinski definition) is 8. The second-order valence-corrected chi connectivity index (χ2v) is 10.4. The van der Waals surface area contributed by atoms with Crippen molar-refractivity contribution >= 4 is 38.2 Å². The summed E-state index contributed by atoms with van der Waals surface area (Å²) < 4.78 is 23.3. The average molecular weight is 490 g/mol. The molecule has 0 saturated carbocycles. The van der Waals surface area contributed by atoms with Crippen molar-refractivity contribution in [2.24, 2.45) is 11.3 Å². The minimum absolute atomic E-state index is 0.216. The number of thiazole rings is 1. The zero-order valence-electron chi connectivity index (χ0n) is 18.3. The molecule has 1 aliphatic rings. The van der Waals surface area contributed by atoms with E-state index in [-0.39, 0.29) is 18.8 Å². The Bertz CT molecular complexity index is 1190. The van der Waals surface area contributed by atoms with Crippen LogP contribution >= 0.6 is 11.3 Å². The molecule has 1 saturated heterocycles. The van der Waals surface area contributed by atoms with Gasteiger partial charge in [0.05, 0.1) is 26.4 Å². The maximum absolute atomic E-state index is 12.0. The van der Waals surface area contributed by atoms with Gasteiger partial charge in [0.15, 0.2) is 0 Å². The zero-order valence-corrected chi connectivity index (χ0v) is 20.0. The summed E-state index contributed by atoms with van der Waals surface area (Å²) in [5.41, 5.74) is 1.98. The molecule has 1 aliphatic heterocycles. The van der Waals surface area contributed by atoms with Gasteiger partial charge in [0, 0.05) is 44.1 Å². The summed E-state index contributed by atoms with van der Waals surface area (Å²) in [5.74, 6) is 11.3. The highest BCUT2D eigenvalue weighted by molar-refractivity contribution is 7.72. The zero-order chi connectivity index (χ0) is 23.8. The van der Waals surface area contributed by atoms with Gasteiger partial charge in [-0.05, 0) is 49.8 Å². The lowest BCUT2D eigenvalue weighted by Gasteiger charge is -2.36. The van der Waals surface area contributed by atoms with Crippen LogP contribution in [-0.4, -0.2) is 66.5 Å². The van der Waals surface area contributed by atoms with Crippen LogP contribution in [0.5, 0.6) is 0 Å². The molecule has 1 aromatic carbocycles. The Morgan fingerprint density at radius 3 is 2.85 bits per heavy atom. The van der Waals surface area contributed by atoms with Crippen LogP contribution in [0, 0.1) is 35.0 Å². The van der Waals surface area contributed by atoms with E-state index in [0.29, 0.717) is 12.3 Å². The number of hydrogen-bond donors (Lipinski definition) is 4. The summed E-state index contributed by atoms with van der Waals surface area (Å²) in [4.78, 5) is 18.8. The van der Waals surface area contributed by atoms with E-state index < -0.39 is 22.0 Å². The Labute approximate surface area is 198 Å². The molecule has 33 heavy (non-hydrogen) atoms. The van der Waals surface area contributed by atoms with Gasteiger partial charge in [-0.25, -0.2) is 18.9 Å². The number of aryl methyl sites for hydroxylation is 1. The second kappa shape index (κ2) is 11.6. The molecule has 1 fully saturated rings. The molecule has 0 radical (unpaired) electrons. The molecule has 0 bridgehead atoms. The fourth-order valence-electron chi connectivity index (χ4n) is 3.60. The van der Waals surface area contributed by atoms with Crippen LogP contribution in [0.3, 0.4) is 0 Å². The van der Waals surface area contributed by atoms with E-state index in [2.05, 4.69) is 33.6 Å². The molecular formula is C23H27N3O5S2. The van der Waals surface area contributed by atoms with E-state index in [1.54, 1.807) is 5.48 Å². The molecule has 0 spiro atoms. The molecule has 2 aromatic rings. The van der Waals surface area contributed by atoms with E-state index >= 15 is 0 Å². The quantitative estimate of drug-likeness (QED) is 0.180. The predicted molar refractivity (Wildman–Crippen MR) is 127 cm³/mol. The van der Waals surface area contributed by atoms with Crippen LogP contribution in [0.15, 0.2) is 18.2 Å². The molecular weight excluding hydrogens is 462 g/mol. The Morgan fingerprint density at radius 2 is 2.15 bits per heavy atom. The van der Waals surface area contributed by atoms with Gasteiger partial charge in [0.1, 0.15) is 10.7 Å². The van der Waals surface area contributed by atoms with E-state index in [9.17, 15) is 13.2 Å². The predicted octanol–water partition coefficient (Wildman–Crippen LogP) is 1.02. The Morgan fingerprint density at radius 1 is 1.36 bits per heavy atom. The molecule has 0 aliphatic carbocycles. The smallest absolute Gasteiger partial charge is 0.250 e. The van der Waals surface area contributed by atoms with Crippen LogP contribution < -0.4 is 5.48 Å². The van der Waals surface area contributed by atoms with Crippen LogP contribution in [0.1, 0.15) is 30.3 Å².